The van der Waals surface area contributed by atoms with Gasteiger partial charge in [0.25, 0.3) is 0 Å². The van der Waals surface area contributed by atoms with E-state index in [1.807, 2.05) is 0 Å². The first kappa shape index (κ1) is 36.0. The van der Waals surface area contributed by atoms with Crippen LogP contribution in [-0.4, -0.2) is 0 Å². The monoisotopic (exact) mass is 750 g/mol. The van der Waals surface area contributed by atoms with Crippen molar-refractivity contribution in [3.8, 4) is 11.1 Å². The van der Waals surface area contributed by atoms with Crippen LogP contribution in [0.1, 0.15) is 44.1 Å². The smallest absolute Gasteiger partial charge is 0.0540 e. The quantitative estimate of drug-likeness (QED) is 0.0855. The molecule has 0 saturated heterocycles. The predicted octanol–water partition coefficient (Wildman–Crippen LogP) is 15.9. The fourth-order valence-electron chi connectivity index (χ4n) is 9.79. The normalized spacial score (nSPS) is 16.9. The number of hydrogen-bond donors (Lipinski definition) is 0. The Hall–Kier alpha value is -6.38. The van der Waals surface area contributed by atoms with Crippen LogP contribution in [0, 0.1) is 17.8 Å². The molecule has 58 heavy (non-hydrogen) atoms. The lowest BCUT2D eigenvalue weighted by molar-refractivity contribution is 0.396. The minimum atomic E-state index is 0.878. The van der Waals surface area contributed by atoms with Crippen LogP contribution in [-0.2, 0) is 6.42 Å². The molecule has 1 fully saturated rings. The van der Waals surface area contributed by atoms with Gasteiger partial charge in [0.15, 0.2) is 0 Å². The first-order valence-corrected chi connectivity index (χ1v) is 21.3. The molecule has 8 aromatic rings. The van der Waals surface area contributed by atoms with Gasteiger partial charge < -0.3 is 9.80 Å². The highest BCUT2D eigenvalue weighted by Gasteiger charge is 2.34. The molecule has 0 aromatic heterocycles. The Kier molecular flexibility index (Phi) is 10.1. The number of nitrogens with zero attached hydrogens (tertiary/aromatic N) is 2. The summed E-state index contributed by atoms with van der Waals surface area (Å²) in [6.45, 7) is 0. The lowest BCUT2D eigenvalue weighted by Gasteiger charge is -2.27. The van der Waals surface area contributed by atoms with Crippen LogP contribution >= 0.6 is 0 Å². The van der Waals surface area contributed by atoms with Gasteiger partial charge in [-0.05, 0) is 138 Å². The summed E-state index contributed by atoms with van der Waals surface area (Å²) in [6, 6.07) is 68.6. The molecule has 2 nitrogen and oxygen atoms in total. The molecule has 1 saturated carbocycles. The SMILES string of the molecule is C1=CC2CC1CC2CCCCCc1ccc(N(c2ccc(-c3ccc(N(c4ccccc4)c4cccc5ccccc45)cc3)cc2)c2cccc3ccccc23)cc1. The number of fused-ring (bicyclic) bond motifs is 4. The van der Waals surface area contributed by atoms with Crippen molar-refractivity contribution in [1.29, 1.82) is 0 Å². The van der Waals surface area contributed by atoms with Gasteiger partial charge in [0.1, 0.15) is 0 Å². The second-order valence-corrected chi connectivity index (χ2v) is 16.4. The van der Waals surface area contributed by atoms with Crippen LogP contribution in [0.5, 0.6) is 0 Å². The van der Waals surface area contributed by atoms with Gasteiger partial charge in [0.2, 0.25) is 0 Å². The fourth-order valence-corrected chi connectivity index (χ4v) is 9.79. The van der Waals surface area contributed by atoms with E-state index in [0.717, 1.165) is 41.2 Å². The van der Waals surface area contributed by atoms with E-state index < -0.39 is 0 Å². The maximum absolute atomic E-state index is 2.50. The Morgan fingerprint density at radius 1 is 0.397 bits per heavy atom. The predicted molar refractivity (Wildman–Crippen MR) is 247 cm³/mol. The zero-order valence-corrected chi connectivity index (χ0v) is 33.1. The van der Waals surface area contributed by atoms with Crippen molar-refractivity contribution in [2.75, 3.05) is 9.80 Å². The lowest BCUT2D eigenvalue weighted by atomic mass is 9.88. The van der Waals surface area contributed by atoms with Crippen molar-refractivity contribution in [1.82, 2.24) is 0 Å². The lowest BCUT2D eigenvalue weighted by Crippen LogP contribution is -2.10. The molecule has 2 bridgehead atoms. The standard InChI is InChI=1S/C56H50N2/c1(4-16-47-39-42-25-28-48(47)40-42)3-13-41-26-33-50(34-27-41)58(56-24-12-18-46-15-8-10-22-54(46)56)52-37-31-44(32-38-52)43-29-35-51(36-30-43)57(49-19-5-2-6-20-49)55-23-11-17-45-14-7-9-21-53(45)55/h2,5-12,14-15,17-38,42,47-48H,1,3-4,13,16,39-40H2. The summed E-state index contributed by atoms with van der Waals surface area (Å²) in [7, 11) is 0. The summed E-state index contributed by atoms with van der Waals surface area (Å²) >= 11 is 0. The molecule has 0 amide bonds. The zero-order chi connectivity index (χ0) is 38.7. The van der Waals surface area contributed by atoms with Gasteiger partial charge >= 0.3 is 0 Å². The van der Waals surface area contributed by atoms with Gasteiger partial charge in [0.05, 0.1) is 11.4 Å². The van der Waals surface area contributed by atoms with Crippen molar-refractivity contribution in [2.45, 2.75) is 44.9 Å². The maximum Gasteiger partial charge on any atom is 0.0540 e. The van der Waals surface area contributed by atoms with Crippen molar-refractivity contribution in [3.05, 3.63) is 206 Å². The molecule has 8 aromatic carbocycles. The minimum Gasteiger partial charge on any atom is -0.310 e. The Balaban J connectivity index is 0.901. The average Bonchev–Trinajstić information content (AvgIpc) is 3.92. The first-order chi connectivity index (χ1) is 28.7. The third-order valence-electron chi connectivity index (χ3n) is 12.8. The van der Waals surface area contributed by atoms with Crippen LogP contribution in [0.25, 0.3) is 32.7 Å². The number of unbranched alkanes of at least 4 members (excludes halogenated alkanes) is 2. The average molecular weight is 751 g/mol. The molecule has 0 aliphatic heterocycles. The van der Waals surface area contributed by atoms with E-state index in [1.165, 1.54) is 93.8 Å². The molecule has 0 heterocycles. The van der Waals surface area contributed by atoms with Crippen molar-refractivity contribution < 1.29 is 0 Å². The summed E-state index contributed by atoms with van der Waals surface area (Å²) in [5.41, 5.74) is 10.7. The topological polar surface area (TPSA) is 6.48 Å². The Morgan fingerprint density at radius 2 is 0.897 bits per heavy atom. The van der Waals surface area contributed by atoms with E-state index in [1.54, 1.807) is 0 Å². The molecule has 284 valence electrons. The summed E-state index contributed by atoms with van der Waals surface area (Å²) in [6.07, 6.45) is 14.3. The summed E-state index contributed by atoms with van der Waals surface area (Å²) < 4.78 is 0. The van der Waals surface area contributed by atoms with Crippen LogP contribution < -0.4 is 9.80 Å². The van der Waals surface area contributed by atoms with E-state index >= 15 is 0 Å². The molecule has 2 aliphatic carbocycles. The summed E-state index contributed by atoms with van der Waals surface area (Å²) in [4.78, 5) is 4.78. The number of anilines is 6. The highest BCUT2D eigenvalue weighted by molar-refractivity contribution is 6.00. The molecule has 10 rings (SSSR count). The van der Waals surface area contributed by atoms with E-state index in [0.29, 0.717) is 0 Å². The Bertz CT molecular complexity index is 2650. The van der Waals surface area contributed by atoms with Crippen LogP contribution in [0.15, 0.2) is 200 Å². The minimum absolute atomic E-state index is 0.878. The molecule has 2 aliphatic rings. The molecular weight excluding hydrogens is 701 g/mol. The summed E-state index contributed by atoms with van der Waals surface area (Å²) in [5, 5.41) is 4.95. The van der Waals surface area contributed by atoms with Gasteiger partial charge in [-0.15, -0.1) is 0 Å². The molecule has 0 radical (unpaired) electrons. The van der Waals surface area contributed by atoms with Crippen molar-refractivity contribution in [2.24, 2.45) is 17.8 Å². The number of benzene rings is 8. The molecule has 3 unspecified atom stereocenters. The van der Waals surface area contributed by atoms with Gasteiger partial charge in [-0.2, -0.15) is 0 Å². The Morgan fingerprint density at radius 3 is 1.43 bits per heavy atom. The third-order valence-corrected chi connectivity index (χ3v) is 12.8. The molecule has 3 atom stereocenters. The van der Waals surface area contributed by atoms with Gasteiger partial charge in [-0.25, -0.2) is 0 Å². The Labute approximate surface area is 343 Å². The molecule has 2 heteroatoms. The van der Waals surface area contributed by atoms with Crippen LogP contribution in [0.2, 0.25) is 0 Å². The second-order valence-electron chi connectivity index (χ2n) is 16.4. The largest absolute Gasteiger partial charge is 0.310 e. The number of hydrogen-bond acceptors (Lipinski definition) is 2. The number of allylic oxidation sites excluding steroid dienone is 2. The van der Waals surface area contributed by atoms with Crippen molar-refractivity contribution in [3.63, 3.8) is 0 Å². The van der Waals surface area contributed by atoms with E-state index in [4.69, 9.17) is 0 Å². The maximum atomic E-state index is 2.50. The number of para-hydroxylation sites is 1. The highest BCUT2D eigenvalue weighted by atomic mass is 15.1. The number of aryl methyl sites for hydroxylation is 1. The molecular formula is C56H50N2. The van der Waals surface area contributed by atoms with E-state index in [9.17, 15) is 0 Å². The van der Waals surface area contributed by atoms with Gasteiger partial charge in [-0.3, -0.25) is 0 Å². The van der Waals surface area contributed by atoms with E-state index in [-0.39, 0.29) is 0 Å². The zero-order valence-electron chi connectivity index (χ0n) is 33.1. The van der Waals surface area contributed by atoms with E-state index in [2.05, 4.69) is 210 Å². The van der Waals surface area contributed by atoms with Gasteiger partial charge in [-0.1, -0.05) is 152 Å². The highest BCUT2D eigenvalue weighted by Crippen LogP contribution is 2.46. The molecule has 0 N–H and O–H groups in total. The third kappa shape index (κ3) is 7.32. The van der Waals surface area contributed by atoms with Crippen LogP contribution in [0.3, 0.4) is 0 Å². The fraction of sp³-hybridized carbons (Fsp3) is 0.179. The van der Waals surface area contributed by atoms with Crippen LogP contribution in [0.4, 0.5) is 34.1 Å². The number of rotatable bonds is 13. The van der Waals surface area contributed by atoms with Crippen molar-refractivity contribution >= 4 is 55.7 Å². The summed E-state index contributed by atoms with van der Waals surface area (Å²) in [5.74, 6) is 2.71. The van der Waals surface area contributed by atoms with Gasteiger partial charge in [0, 0.05) is 33.5 Å². The second kappa shape index (κ2) is 16.2. The molecule has 0 spiro atoms. The first-order valence-electron chi connectivity index (χ1n) is 21.3.